The topological polar surface area (TPSA) is 71.3 Å². The fourth-order valence-corrected chi connectivity index (χ4v) is 4.03. The molecule has 0 radical (unpaired) electrons. The lowest BCUT2D eigenvalue weighted by Crippen LogP contribution is -2.29. The highest BCUT2D eigenvalue weighted by molar-refractivity contribution is 8.00. The van der Waals surface area contributed by atoms with Gasteiger partial charge in [-0.25, -0.2) is 0 Å². The fraction of sp³-hybridized carbons (Fsp3) is 0.304. The number of nitrogens with one attached hydrogen (secondary N) is 1. The van der Waals surface area contributed by atoms with Crippen molar-refractivity contribution in [2.45, 2.75) is 30.2 Å². The molecule has 1 amide bonds. The molecule has 2 aromatic rings. The number of hydrogen-bond donors (Lipinski definition) is 1. The van der Waals surface area contributed by atoms with Gasteiger partial charge in [0.05, 0.1) is 18.9 Å². The van der Waals surface area contributed by atoms with Gasteiger partial charge in [-0.1, -0.05) is 24.1 Å². The van der Waals surface area contributed by atoms with Gasteiger partial charge in [0.15, 0.2) is 11.5 Å². The first kappa shape index (κ1) is 20.6. The van der Waals surface area contributed by atoms with Crippen LogP contribution in [0.25, 0.3) is 0 Å². The van der Waals surface area contributed by atoms with Crippen LogP contribution in [0.4, 0.5) is 0 Å². The summed E-state index contributed by atoms with van der Waals surface area (Å²) in [7, 11) is 1.55. The zero-order valence-electron chi connectivity index (χ0n) is 16.2. The SMILES string of the molecule is C#CCOc1ccc(SCC(=O)NC(C#N)c2ccc3c(c2)CCC3)cc1OC. The Morgan fingerprint density at radius 3 is 2.83 bits per heavy atom. The molecule has 1 atom stereocenters. The second kappa shape index (κ2) is 9.91. The summed E-state index contributed by atoms with van der Waals surface area (Å²) in [5.74, 6) is 3.51. The number of amides is 1. The Labute approximate surface area is 175 Å². The van der Waals surface area contributed by atoms with Gasteiger partial charge in [0.25, 0.3) is 0 Å². The lowest BCUT2D eigenvalue weighted by molar-refractivity contribution is -0.118. The Balaban J connectivity index is 1.59. The number of nitriles is 1. The largest absolute Gasteiger partial charge is 0.493 e. The summed E-state index contributed by atoms with van der Waals surface area (Å²) in [5.41, 5.74) is 3.46. The maximum atomic E-state index is 12.4. The van der Waals surface area contributed by atoms with Crippen LogP contribution in [-0.4, -0.2) is 25.4 Å². The van der Waals surface area contributed by atoms with Crippen LogP contribution >= 0.6 is 11.8 Å². The van der Waals surface area contributed by atoms with E-state index < -0.39 is 6.04 Å². The molecule has 0 aromatic heterocycles. The number of aryl methyl sites for hydroxylation is 2. The molecule has 3 rings (SSSR count). The minimum Gasteiger partial charge on any atom is -0.493 e. The summed E-state index contributed by atoms with van der Waals surface area (Å²) in [6.07, 6.45) is 8.48. The molecular weight excluding hydrogens is 384 g/mol. The van der Waals surface area contributed by atoms with E-state index >= 15 is 0 Å². The summed E-state index contributed by atoms with van der Waals surface area (Å²) in [6, 6.07) is 13.0. The Morgan fingerprint density at radius 2 is 2.07 bits per heavy atom. The third-order valence-electron chi connectivity index (χ3n) is 4.71. The number of fused-ring (bicyclic) bond motifs is 1. The predicted molar refractivity (Wildman–Crippen MR) is 113 cm³/mol. The Bertz CT molecular complexity index is 975. The molecular formula is C23H22N2O3S. The molecule has 0 saturated carbocycles. The molecule has 1 unspecified atom stereocenters. The van der Waals surface area contributed by atoms with Crippen molar-refractivity contribution in [2.24, 2.45) is 0 Å². The molecule has 0 aliphatic heterocycles. The van der Waals surface area contributed by atoms with Crippen LogP contribution < -0.4 is 14.8 Å². The quantitative estimate of drug-likeness (QED) is 0.535. The zero-order chi connectivity index (χ0) is 20.6. The van der Waals surface area contributed by atoms with Gasteiger partial charge in [0.1, 0.15) is 12.6 Å². The number of terminal acetylenes is 1. The summed E-state index contributed by atoms with van der Waals surface area (Å²) in [6.45, 7) is 0.156. The highest BCUT2D eigenvalue weighted by Crippen LogP contribution is 2.32. The van der Waals surface area contributed by atoms with E-state index in [2.05, 4.69) is 23.4 Å². The first-order valence-corrected chi connectivity index (χ1v) is 10.3. The molecule has 1 aliphatic rings. The Kier molecular flexibility index (Phi) is 7.05. The number of thioether (sulfide) groups is 1. The van der Waals surface area contributed by atoms with Crippen LogP contribution in [0.5, 0.6) is 11.5 Å². The van der Waals surface area contributed by atoms with E-state index in [0.717, 1.165) is 29.7 Å². The van der Waals surface area contributed by atoms with Gasteiger partial charge in [-0.3, -0.25) is 4.79 Å². The van der Waals surface area contributed by atoms with Gasteiger partial charge in [-0.2, -0.15) is 5.26 Å². The average molecular weight is 407 g/mol. The van der Waals surface area contributed by atoms with Crippen molar-refractivity contribution < 1.29 is 14.3 Å². The standard InChI is InChI=1S/C23H22N2O3S/c1-3-11-28-21-10-9-19(13-22(21)27-2)29-15-23(26)25-20(14-24)18-8-7-16-5-4-6-17(16)12-18/h1,7-10,12-13,20H,4-6,11,15H2,2H3,(H,25,26). The summed E-state index contributed by atoms with van der Waals surface area (Å²) in [4.78, 5) is 13.3. The number of benzene rings is 2. The lowest BCUT2D eigenvalue weighted by atomic mass is 10.0. The number of ether oxygens (including phenoxy) is 2. The van der Waals surface area contributed by atoms with Crippen molar-refractivity contribution in [3.8, 4) is 29.9 Å². The number of carbonyl (C=O) groups is 1. The number of rotatable bonds is 8. The van der Waals surface area contributed by atoms with Crippen molar-refractivity contribution in [3.63, 3.8) is 0 Å². The third-order valence-corrected chi connectivity index (χ3v) is 5.70. The second-order valence-electron chi connectivity index (χ2n) is 6.61. The number of carbonyl (C=O) groups excluding carboxylic acids is 1. The summed E-state index contributed by atoms with van der Waals surface area (Å²) >= 11 is 1.36. The highest BCUT2D eigenvalue weighted by atomic mass is 32.2. The highest BCUT2D eigenvalue weighted by Gasteiger charge is 2.18. The smallest absolute Gasteiger partial charge is 0.231 e. The lowest BCUT2D eigenvalue weighted by Gasteiger charge is -2.14. The molecule has 1 aliphatic carbocycles. The molecule has 0 saturated heterocycles. The van der Waals surface area contributed by atoms with Crippen LogP contribution in [0, 0.1) is 23.7 Å². The van der Waals surface area contributed by atoms with Crippen molar-refractivity contribution >= 4 is 17.7 Å². The van der Waals surface area contributed by atoms with E-state index in [0.29, 0.717) is 11.5 Å². The average Bonchev–Trinajstić information content (AvgIpc) is 3.22. The van der Waals surface area contributed by atoms with E-state index in [-0.39, 0.29) is 18.3 Å². The van der Waals surface area contributed by atoms with Crippen LogP contribution in [-0.2, 0) is 17.6 Å². The van der Waals surface area contributed by atoms with Crippen molar-refractivity contribution in [3.05, 3.63) is 53.1 Å². The van der Waals surface area contributed by atoms with Gasteiger partial charge in [0, 0.05) is 4.90 Å². The molecule has 0 heterocycles. The fourth-order valence-electron chi connectivity index (χ4n) is 3.29. The van der Waals surface area contributed by atoms with Crippen LogP contribution in [0.2, 0.25) is 0 Å². The molecule has 0 fully saturated rings. The number of nitrogens with zero attached hydrogens (tertiary/aromatic N) is 1. The minimum atomic E-state index is -0.650. The maximum Gasteiger partial charge on any atom is 0.231 e. The Morgan fingerprint density at radius 1 is 1.24 bits per heavy atom. The molecule has 0 spiro atoms. The molecule has 29 heavy (non-hydrogen) atoms. The normalized spacial score (nSPS) is 12.9. The molecule has 1 N–H and O–H groups in total. The molecule has 5 nitrogen and oxygen atoms in total. The first-order valence-electron chi connectivity index (χ1n) is 9.32. The number of methoxy groups -OCH3 is 1. The van der Waals surface area contributed by atoms with E-state index in [1.54, 1.807) is 19.2 Å². The molecule has 148 valence electrons. The monoisotopic (exact) mass is 406 g/mol. The molecule has 6 heteroatoms. The maximum absolute atomic E-state index is 12.4. The molecule has 2 aromatic carbocycles. The van der Waals surface area contributed by atoms with Gasteiger partial charge in [0.2, 0.25) is 5.91 Å². The predicted octanol–water partition coefficient (Wildman–Crippen LogP) is 3.67. The van der Waals surface area contributed by atoms with Gasteiger partial charge in [-0.05, 0) is 54.2 Å². The van der Waals surface area contributed by atoms with Crippen molar-refractivity contribution in [1.29, 1.82) is 5.26 Å². The second-order valence-corrected chi connectivity index (χ2v) is 7.65. The minimum absolute atomic E-state index is 0.156. The first-order chi connectivity index (χ1) is 14.1. The van der Waals surface area contributed by atoms with Gasteiger partial charge in [-0.15, -0.1) is 18.2 Å². The van der Waals surface area contributed by atoms with Crippen molar-refractivity contribution in [1.82, 2.24) is 5.32 Å². The molecule has 0 bridgehead atoms. The van der Waals surface area contributed by atoms with Crippen molar-refractivity contribution in [2.75, 3.05) is 19.5 Å². The zero-order valence-corrected chi connectivity index (χ0v) is 17.1. The van der Waals surface area contributed by atoms with Crippen LogP contribution in [0.15, 0.2) is 41.3 Å². The Hall–Kier alpha value is -3.09. The van der Waals surface area contributed by atoms with E-state index in [1.807, 2.05) is 18.2 Å². The van der Waals surface area contributed by atoms with Crippen LogP contribution in [0.1, 0.15) is 29.2 Å². The summed E-state index contributed by atoms with van der Waals surface area (Å²) < 4.78 is 10.7. The van der Waals surface area contributed by atoms with Crippen LogP contribution in [0.3, 0.4) is 0 Å². The number of hydrogen-bond acceptors (Lipinski definition) is 5. The van der Waals surface area contributed by atoms with Gasteiger partial charge < -0.3 is 14.8 Å². The van der Waals surface area contributed by atoms with E-state index in [1.165, 1.54) is 22.9 Å². The van der Waals surface area contributed by atoms with E-state index in [9.17, 15) is 10.1 Å². The third kappa shape index (κ3) is 5.25. The van der Waals surface area contributed by atoms with E-state index in [4.69, 9.17) is 15.9 Å². The summed E-state index contributed by atoms with van der Waals surface area (Å²) in [5, 5.41) is 12.3. The van der Waals surface area contributed by atoms with Gasteiger partial charge >= 0.3 is 0 Å².